The summed E-state index contributed by atoms with van der Waals surface area (Å²) in [4.78, 5) is 16.5. The van der Waals surface area contributed by atoms with Crippen LogP contribution in [0, 0.1) is 0 Å². The summed E-state index contributed by atoms with van der Waals surface area (Å²) in [5.41, 5.74) is 2.81. The van der Waals surface area contributed by atoms with Gasteiger partial charge in [-0.1, -0.05) is 48.5 Å². The molecule has 112 valence electrons. The summed E-state index contributed by atoms with van der Waals surface area (Å²) in [5.74, 6) is -0.00673. The first-order chi connectivity index (χ1) is 11.2. The van der Waals surface area contributed by atoms with Crippen molar-refractivity contribution < 1.29 is 9.90 Å². The molecule has 0 bridgehead atoms. The first-order valence-corrected chi connectivity index (χ1v) is 7.39. The fourth-order valence-electron chi connectivity index (χ4n) is 2.92. The Morgan fingerprint density at radius 2 is 1.70 bits per heavy atom. The van der Waals surface area contributed by atoms with Crippen LogP contribution >= 0.6 is 0 Å². The smallest absolute Gasteiger partial charge is 0.246 e. The zero-order valence-electron chi connectivity index (χ0n) is 12.3. The van der Waals surface area contributed by atoms with Gasteiger partial charge in [0.15, 0.2) is 0 Å². The maximum absolute atomic E-state index is 12.1. The molecule has 23 heavy (non-hydrogen) atoms. The zero-order valence-corrected chi connectivity index (χ0v) is 12.3. The fraction of sp³-hybridized carbons (Fsp3) is 0.0526. The van der Waals surface area contributed by atoms with Crippen molar-refractivity contribution in [3.05, 3.63) is 71.8 Å². The molecular weight excluding hydrogens is 288 g/mol. The number of aliphatic imine (C=N–C) groups is 1. The third-order valence-corrected chi connectivity index (χ3v) is 3.99. The van der Waals surface area contributed by atoms with Crippen molar-refractivity contribution >= 4 is 28.1 Å². The molecule has 0 aliphatic carbocycles. The van der Waals surface area contributed by atoms with Crippen molar-refractivity contribution in [1.29, 1.82) is 0 Å². The predicted molar refractivity (Wildman–Crippen MR) is 91.2 cm³/mol. The molecule has 4 heteroatoms. The minimum Gasteiger partial charge on any atom is -0.507 e. The molecule has 0 saturated carbocycles. The summed E-state index contributed by atoms with van der Waals surface area (Å²) in [6.45, 7) is 0.0344. The highest BCUT2D eigenvalue weighted by Crippen LogP contribution is 2.32. The molecule has 0 radical (unpaired) electrons. The van der Waals surface area contributed by atoms with Crippen LogP contribution in [0.5, 0.6) is 5.75 Å². The molecule has 0 atom stereocenters. The van der Waals surface area contributed by atoms with E-state index in [1.54, 1.807) is 12.1 Å². The van der Waals surface area contributed by atoms with Gasteiger partial charge in [0.1, 0.15) is 12.3 Å². The van der Waals surface area contributed by atoms with Gasteiger partial charge in [0.05, 0.1) is 11.4 Å². The van der Waals surface area contributed by atoms with Crippen LogP contribution in [0.2, 0.25) is 0 Å². The largest absolute Gasteiger partial charge is 0.507 e. The highest BCUT2D eigenvalue weighted by Gasteiger charge is 2.21. The molecule has 1 amide bonds. The molecule has 3 aromatic rings. The van der Waals surface area contributed by atoms with Crippen molar-refractivity contribution in [1.82, 2.24) is 0 Å². The summed E-state index contributed by atoms with van der Waals surface area (Å²) in [5, 5.41) is 15.1. The molecule has 0 saturated heterocycles. The minimum atomic E-state index is -0.159. The monoisotopic (exact) mass is 302 g/mol. The van der Waals surface area contributed by atoms with Crippen molar-refractivity contribution in [3.8, 4) is 5.75 Å². The lowest BCUT2D eigenvalue weighted by Crippen LogP contribution is -2.13. The van der Waals surface area contributed by atoms with Crippen LogP contribution in [0.15, 0.2) is 65.7 Å². The number of carbonyl (C=O) groups excluding carboxylic acids is 1. The van der Waals surface area contributed by atoms with E-state index in [4.69, 9.17) is 0 Å². The van der Waals surface area contributed by atoms with Gasteiger partial charge in [-0.15, -0.1) is 0 Å². The van der Waals surface area contributed by atoms with Crippen molar-refractivity contribution in [2.75, 3.05) is 11.9 Å². The van der Waals surface area contributed by atoms with Crippen molar-refractivity contribution in [2.24, 2.45) is 4.99 Å². The van der Waals surface area contributed by atoms with E-state index in [2.05, 4.69) is 10.3 Å². The van der Waals surface area contributed by atoms with E-state index in [9.17, 15) is 9.90 Å². The van der Waals surface area contributed by atoms with E-state index in [1.165, 1.54) is 0 Å². The molecule has 0 unspecified atom stereocenters. The Morgan fingerprint density at radius 1 is 0.913 bits per heavy atom. The highest BCUT2D eigenvalue weighted by molar-refractivity contribution is 6.23. The summed E-state index contributed by atoms with van der Waals surface area (Å²) in [6.07, 6.45) is 0. The summed E-state index contributed by atoms with van der Waals surface area (Å²) >= 11 is 0. The number of benzene rings is 3. The van der Waals surface area contributed by atoms with Crippen molar-refractivity contribution in [3.63, 3.8) is 0 Å². The highest BCUT2D eigenvalue weighted by atomic mass is 16.3. The molecule has 3 aromatic carbocycles. The van der Waals surface area contributed by atoms with E-state index < -0.39 is 0 Å². The number of fused-ring (bicyclic) bond motifs is 3. The van der Waals surface area contributed by atoms with Crippen LogP contribution in [-0.2, 0) is 4.79 Å². The van der Waals surface area contributed by atoms with E-state index in [-0.39, 0.29) is 18.2 Å². The Balaban J connectivity index is 2.02. The number of carbonyl (C=O) groups is 1. The molecule has 0 aromatic heterocycles. The van der Waals surface area contributed by atoms with Crippen LogP contribution in [0.3, 0.4) is 0 Å². The molecule has 1 heterocycles. The van der Waals surface area contributed by atoms with E-state index in [0.29, 0.717) is 11.3 Å². The standard InChI is InChI=1S/C19H14N2O2/c22-16-8-4-3-7-14(16)18-15-10-9-12-5-1-2-6-13(12)19(15)21-17(23)11-20-18/h1-10,22H,11H2,(H,21,23). The van der Waals surface area contributed by atoms with Gasteiger partial charge in [0, 0.05) is 16.5 Å². The van der Waals surface area contributed by atoms with Gasteiger partial charge in [-0.25, -0.2) is 0 Å². The number of nitrogens with zero attached hydrogens (tertiary/aromatic N) is 1. The number of hydrogen-bond acceptors (Lipinski definition) is 3. The quantitative estimate of drug-likeness (QED) is 0.724. The predicted octanol–water partition coefficient (Wildman–Crippen LogP) is 3.33. The summed E-state index contributed by atoms with van der Waals surface area (Å²) in [7, 11) is 0. The first-order valence-electron chi connectivity index (χ1n) is 7.39. The van der Waals surface area contributed by atoms with Crippen LogP contribution in [-0.4, -0.2) is 23.3 Å². The number of para-hydroxylation sites is 1. The number of phenolic OH excluding ortho intramolecular Hbond substituents is 1. The van der Waals surface area contributed by atoms with Gasteiger partial charge in [0.25, 0.3) is 0 Å². The zero-order chi connectivity index (χ0) is 15.8. The van der Waals surface area contributed by atoms with Gasteiger partial charge in [-0.3, -0.25) is 9.79 Å². The van der Waals surface area contributed by atoms with Gasteiger partial charge in [0.2, 0.25) is 5.91 Å². The van der Waals surface area contributed by atoms with Gasteiger partial charge in [-0.05, 0) is 17.5 Å². The minimum absolute atomic E-state index is 0.0344. The molecule has 4 nitrogen and oxygen atoms in total. The van der Waals surface area contributed by atoms with Crippen LogP contribution < -0.4 is 5.32 Å². The Kier molecular flexibility index (Phi) is 3.08. The summed E-state index contributed by atoms with van der Waals surface area (Å²) in [6, 6.07) is 18.9. The number of anilines is 1. The van der Waals surface area contributed by atoms with Gasteiger partial charge in [-0.2, -0.15) is 0 Å². The maximum atomic E-state index is 12.1. The van der Waals surface area contributed by atoms with Gasteiger partial charge < -0.3 is 10.4 Å². The molecule has 4 rings (SSSR count). The van der Waals surface area contributed by atoms with Crippen LogP contribution in [0.25, 0.3) is 10.8 Å². The fourth-order valence-corrected chi connectivity index (χ4v) is 2.92. The number of phenols is 1. The van der Waals surface area contributed by atoms with Crippen LogP contribution in [0.4, 0.5) is 5.69 Å². The van der Waals surface area contributed by atoms with Gasteiger partial charge >= 0.3 is 0 Å². The number of rotatable bonds is 1. The molecule has 2 N–H and O–H groups in total. The number of hydrogen-bond donors (Lipinski definition) is 2. The lowest BCUT2D eigenvalue weighted by Gasteiger charge is -2.13. The number of amides is 1. The average molecular weight is 302 g/mol. The Labute approximate surface area is 133 Å². The average Bonchev–Trinajstić information content (AvgIpc) is 2.74. The maximum Gasteiger partial charge on any atom is 0.246 e. The molecule has 0 fully saturated rings. The Morgan fingerprint density at radius 3 is 2.57 bits per heavy atom. The number of aromatic hydroxyl groups is 1. The molecular formula is C19H14N2O2. The lowest BCUT2D eigenvalue weighted by molar-refractivity contribution is -0.114. The van der Waals surface area contributed by atoms with Crippen LogP contribution in [0.1, 0.15) is 11.1 Å². The molecule has 1 aliphatic rings. The van der Waals surface area contributed by atoms with Crippen molar-refractivity contribution in [2.45, 2.75) is 0 Å². The summed E-state index contributed by atoms with van der Waals surface area (Å²) < 4.78 is 0. The first kappa shape index (κ1) is 13.5. The van der Waals surface area contributed by atoms with E-state index >= 15 is 0 Å². The molecule has 1 aliphatic heterocycles. The normalized spacial score (nSPS) is 13.9. The third kappa shape index (κ3) is 2.25. The van der Waals surface area contributed by atoms with E-state index in [0.717, 1.165) is 22.0 Å². The topological polar surface area (TPSA) is 61.7 Å². The Bertz CT molecular complexity index is 960. The number of nitrogens with one attached hydrogen (secondary N) is 1. The van der Waals surface area contributed by atoms with E-state index in [1.807, 2.05) is 48.5 Å². The lowest BCUT2D eigenvalue weighted by atomic mass is 9.96. The SMILES string of the molecule is O=C1CN=C(c2ccccc2O)c2ccc3ccccc3c2N1. The third-order valence-electron chi connectivity index (χ3n) is 3.99. The molecule has 0 spiro atoms. The Hall–Kier alpha value is -3.14. The second kappa shape index (κ2) is 5.25. The second-order valence-corrected chi connectivity index (χ2v) is 5.44. The second-order valence-electron chi connectivity index (χ2n) is 5.44.